The van der Waals surface area contributed by atoms with Crippen molar-refractivity contribution in [1.82, 2.24) is 5.32 Å². The maximum atomic E-state index is 5.15. The van der Waals surface area contributed by atoms with E-state index in [2.05, 4.69) is 33.4 Å². The van der Waals surface area contributed by atoms with Crippen molar-refractivity contribution in [2.24, 2.45) is 0 Å². The van der Waals surface area contributed by atoms with Crippen molar-refractivity contribution >= 4 is 22.0 Å². The molecule has 1 N–H and O–H groups in total. The van der Waals surface area contributed by atoms with Crippen molar-refractivity contribution in [3.63, 3.8) is 0 Å². The first-order chi connectivity index (χ1) is 6.77. The second-order valence-electron chi connectivity index (χ2n) is 2.85. The Morgan fingerprint density at radius 1 is 1.50 bits per heavy atom. The number of benzene rings is 1. The van der Waals surface area contributed by atoms with Gasteiger partial charge in [0.1, 0.15) is 5.75 Å². The van der Waals surface area contributed by atoms with E-state index >= 15 is 0 Å². The molecule has 0 aliphatic carbocycles. The zero-order valence-electron chi connectivity index (χ0n) is 8.38. The number of likely N-dealkylation sites (N-methyl/N-ethyl adjacent to an activating group) is 1. The van der Waals surface area contributed by atoms with Crippen molar-refractivity contribution in [2.45, 2.75) is 0 Å². The van der Waals surface area contributed by atoms with Crippen molar-refractivity contribution in [1.29, 1.82) is 0 Å². The van der Waals surface area contributed by atoms with Gasteiger partial charge in [-0.1, -0.05) is 28.1 Å². The monoisotopic (exact) mass is 255 g/mol. The van der Waals surface area contributed by atoms with Crippen LogP contribution in [0.25, 0.3) is 6.08 Å². The number of rotatable bonds is 4. The van der Waals surface area contributed by atoms with Gasteiger partial charge in [-0.2, -0.15) is 0 Å². The van der Waals surface area contributed by atoms with Crippen LogP contribution in [0, 0.1) is 0 Å². The van der Waals surface area contributed by atoms with E-state index in [9.17, 15) is 0 Å². The summed E-state index contributed by atoms with van der Waals surface area (Å²) in [5, 5.41) is 3.05. The van der Waals surface area contributed by atoms with Gasteiger partial charge >= 0.3 is 0 Å². The zero-order chi connectivity index (χ0) is 10.4. The third kappa shape index (κ3) is 3.16. The van der Waals surface area contributed by atoms with E-state index in [1.54, 1.807) is 7.11 Å². The van der Waals surface area contributed by atoms with Gasteiger partial charge in [0.25, 0.3) is 0 Å². The molecule has 0 atom stereocenters. The molecular weight excluding hydrogens is 242 g/mol. The van der Waals surface area contributed by atoms with E-state index < -0.39 is 0 Å². The third-order valence-electron chi connectivity index (χ3n) is 1.82. The molecule has 0 saturated carbocycles. The summed E-state index contributed by atoms with van der Waals surface area (Å²) in [6.45, 7) is 0.865. The van der Waals surface area contributed by atoms with Gasteiger partial charge < -0.3 is 10.1 Å². The highest BCUT2D eigenvalue weighted by Gasteiger charge is 1.97. The van der Waals surface area contributed by atoms with Gasteiger partial charge in [0.15, 0.2) is 0 Å². The highest BCUT2D eigenvalue weighted by Crippen LogP contribution is 2.23. The summed E-state index contributed by atoms with van der Waals surface area (Å²) >= 11 is 3.48. The summed E-state index contributed by atoms with van der Waals surface area (Å²) in [5.74, 6) is 0.873. The molecule has 1 rings (SSSR count). The van der Waals surface area contributed by atoms with Crippen molar-refractivity contribution in [3.8, 4) is 5.75 Å². The first kappa shape index (κ1) is 11.3. The minimum Gasteiger partial charge on any atom is -0.497 e. The topological polar surface area (TPSA) is 21.3 Å². The molecule has 0 saturated heterocycles. The lowest BCUT2D eigenvalue weighted by molar-refractivity contribution is 0.414. The highest BCUT2D eigenvalue weighted by atomic mass is 79.9. The Morgan fingerprint density at radius 2 is 2.29 bits per heavy atom. The van der Waals surface area contributed by atoms with Gasteiger partial charge in [-0.05, 0) is 30.8 Å². The molecule has 2 nitrogen and oxygen atoms in total. The predicted molar refractivity (Wildman–Crippen MR) is 63.7 cm³/mol. The fourth-order valence-corrected chi connectivity index (χ4v) is 1.46. The van der Waals surface area contributed by atoms with Gasteiger partial charge in [-0.15, -0.1) is 0 Å². The number of hydrogen-bond donors (Lipinski definition) is 1. The van der Waals surface area contributed by atoms with Crippen LogP contribution in [0.2, 0.25) is 0 Å². The first-order valence-corrected chi connectivity index (χ1v) is 5.22. The summed E-state index contributed by atoms with van der Waals surface area (Å²) in [6, 6.07) is 5.91. The van der Waals surface area contributed by atoms with Crippen LogP contribution in [0.1, 0.15) is 5.56 Å². The summed E-state index contributed by atoms with van der Waals surface area (Å²) in [7, 11) is 3.59. The van der Waals surface area contributed by atoms with Gasteiger partial charge in [0.2, 0.25) is 0 Å². The van der Waals surface area contributed by atoms with Crippen LogP contribution in [0.15, 0.2) is 28.7 Å². The molecule has 76 valence electrons. The van der Waals surface area contributed by atoms with Crippen LogP contribution in [0.5, 0.6) is 5.75 Å². The second kappa shape index (κ2) is 5.83. The van der Waals surface area contributed by atoms with Gasteiger partial charge in [0, 0.05) is 11.0 Å². The Balaban J connectivity index is 2.83. The largest absolute Gasteiger partial charge is 0.497 e. The molecule has 0 unspecified atom stereocenters. The molecule has 0 heterocycles. The van der Waals surface area contributed by atoms with Crippen LogP contribution < -0.4 is 10.1 Å². The van der Waals surface area contributed by atoms with Gasteiger partial charge in [-0.25, -0.2) is 0 Å². The molecule has 3 heteroatoms. The molecule has 0 amide bonds. The Hall–Kier alpha value is -0.800. The lowest BCUT2D eigenvalue weighted by atomic mass is 10.2. The maximum Gasteiger partial charge on any atom is 0.119 e. The fourth-order valence-electron chi connectivity index (χ4n) is 1.08. The minimum atomic E-state index is 0.865. The van der Waals surface area contributed by atoms with Crippen LogP contribution in [-0.2, 0) is 0 Å². The summed E-state index contributed by atoms with van der Waals surface area (Å²) in [5.41, 5.74) is 1.12. The van der Waals surface area contributed by atoms with Crippen LogP contribution in [0.3, 0.4) is 0 Å². The highest BCUT2D eigenvalue weighted by molar-refractivity contribution is 9.10. The minimum absolute atomic E-state index is 0.865. The van der Waals surface area contributed by atoms with Crippen molar-refractivity contribution in [3.05, 3.63) is 34.3 Å². The van der Waals surface area contributed by atoms with Crippen molar-refractivity contribution in [2.75, 3.05) is 20.7 Å². The average molecular weight is 256 g/mol. The Kier molecular flexibility index (Phi) is 4.70. The second-order valence-corrected chi connectivity index (χ2v) is 3.70. The predicted octanol–water partition coefficient (Wildman–Crippen LogP) is 2.69. The molecule has 0 aliphatic heterocycles. The molecule has 14 heavy (non-hydrogen) atoms. The SMILES string of the molecule is CNC/C=C/c1cc(OC)ccc1Br. The average Bonchev–Trinajstić information content (AvgIpc) is 2.21. The number of methoxy groups -OCH3 is 1. The molecule has 0 aliphatic rings. The van der Waals surface area contributed by atoms with E-state index in [0.717, 1.165) is 22.3 Å². The summed E-state index contributed by atoms with van der Waals surface area (Å²) in [6.07, 6.45) is 4.13. The number of hydrogen-bond acceptors (Lipinski definition) is 2. The molecular formula is C11H14BrNO. The zero-order valence-corrected chi connectivity index (χ0v) is 9.97. The van der Waals surface area contributed by atoms with Gasteiger partial charge in [0.05, 0.1) is 7.11 Å². The quantitative estimate of drug-likeness (QED) is 0.894. The van der Waals surface area contributed by atoms with Crippen LogP contribution in [-0.4, -0.2) is 20.7 Å². The van der Waals surface area contributed by atoms with Crippen molar-refractivity contribution < 1.29 is 4.74 Å². The van der Waals surface area contributed by atoms with E-state index in [0.29, 0.717) is 0 Å². The molecule has 0 fully saturated rings. The Labute approximate surface area is 93.1 Å². The summed E-state index contributed by atoms with van der Waals surface area (Å²) in [4.78, 5) is 0. The normalized spacial score (nSPS) is 10.8. The van der Waals surface area contributed by atoms with Crippen LogP contribution >= 0.6 is 15.9 Å². The van der Waals surface area contributed by atoms with Crippen LogP contribution in [0.4, 0.5) is 0 Å². The van der Waals surface area contributed by atoms with E-state index in [4.69, 9.17) is 4.74 Å². The van der Waals surface area contributed by atoms with Gasteiger partial charge in [-0.3, -0.25) is 0 Å². The molecule has 0 radical (unpaired) electrons. The number of ether oxygens (including phenoxy) is 1. The number of nitrogens with one attached hydrogen (secondary N) is 1. The fraction of sp³-hybridized carbons (Fsp3) is 0.273. The molecule has 1 aromatic carbocycles. The first-order valence-electron chi connectivity index (χ1n) is 4.42. The third-order valence-corrected chi connectivity index (χ3v) is 2.54. The van der Waals surface area contributed by atoms with E-state index in [-0.39, 0.29) is 0 Å². The van der Waals surface area contributed by atoms with E-state index in [1.807, 2.05) is 25.2 Å². The number of halogens is 1. The molecule has 0 bridgehead atoms. The Morgan fingerprint density at radius 3 is 2.93 bits per heavy atom. The smallest absolute Gasteiger partial charge is 0.119 e. The molecule has 0 aromatic heterocycles. The maximum absolute atomic E-state index is 5.15. The summed E-state index contributed by atoms with van der Waals surface area (Å²) < 4.78 is 6.22. The lowest BCUT2D eigenvalue weighted by Crippen LogP contribution is -2.03. The van der Waals surface area contributed by atoms with E-state index in [1.165, 1.54) is 0 Å². The molecule has 1 aromatic rings. The standard InChI is InChI=1S/C11H14BrNO/c1-13-7-3-4-9-8-10(14-2)5-6-11(9)12/h3-6,8,13H,7H2,1-2H3/b4-3+. The molecule has 0 spiro atoms. The lowest BCUT2D eigenvalue weighted by Gasteiger charge is -2.03. The Bertz CT molecular complexity index is 323.